The molecule has 2 atom stereocenters. The smallest absolute Gasteiger partial charge is 0.118 e. The van der Waals surface area contributed by atoms with Gasteiger partial charge in [0.2, 0.25) is 0 Å². The Labute approximate surface area is 116 Å². The van der Waals surface area contributed by atoms with E-state index in [9.17, 15) is 5.11 Å². The summed E-state index contributed by atoms with van der Waals surface area (Å²) in [6.45, 7) is 4.54. The fourth-order valence-corrected chi connectivity index (χ4v) is 2.25. The van der Waals surface area contributed by atoms with Crippen molar-refractivity contribution < 1.29 is 9.84 Å². The lowest BCUT2D eigenvalue weighted by molar-refractivity contribution is 0.0519. The molecule has 1 saturated carbocycles. The minimum absolute atomic E-state index is 0.351. The van der Waals surface area contributed by atoms with Crippen molar-refractivity contribution >= 4 is 0 Å². The fraction of sp³-hybridized carbons (Fsp3) is 0.625. The van der Waals surface area contributed by atoms with E-state index >= 15 is 0 Å². The molecule has 0 saturated heterocycles. The second kappa shape index (κ2) is 5.93. The Morgan fingerprint density at radius 1 is 1.37 bits per heavy atom. The first-order valence-electron chi connectivity index (χ1n) is 7.15. The lowest BCUT2D eigenvalue weighted by atomic mass is 9.99. The maximum atomic E-state index is 10.1. The molecule has 1 aliphatic carbocycles. The summed E-state index contributed by atoms with van der Waals surface area (Å²) < 4.78 is 5.20. The molecule has 0 aliphatic heterocycles. The van der Waals surface area contributed by atoms with Crippen LogP contribution in [-0.2, 0) is 0 Å². The Morgan fingerprint density at radius 2 is 2.00 bits per heavy atom. The first-order valence-corrected chi connectivity index (χ1v) is 7.15. The molecule has 2 unspecified atom stereocenters. The largest absolute Gasteiger partial charge is 0.497 e. The molecule has 0 radical (unpaired) electrons. The Balaban J connectivity index is 2.03. The van der Waals surface area contributed by atoms with Crippen molar-refractivity contribution in [3.8, 4) is 5.75 Å². The third-order valence-electron chi connectivity index (χ3n) is 4.03. The van der Waals surface area contributed by atoms with Crippen LogP contribution in [0.15, 0.2) is 24.3 Å². The highest BCUT2D eigenvalue weighted by atomic mass is 16.5. The van der Waals surface area contributed by atoms with Crippen molar-refractivity contribution in [2.45, 2.75) is 44.8 Å². The SMILES string of the molecule is CCC(C)(O)CNC(c1ccc(OC)cc1)C1CC1. The number of hydrogen-bond acceptors (Lipinski definition) is 3. The van der Waals surface area contributed by atoms with Crippen LogP contribution in [0.5, 0.6) is 5.75 Å². The summed E-state index contributed by atoms with van der Waals surface area (Å²) in [5.41, 5.74) is 0.662. The first kappa shape index (κ1) is 14.4. The molecular formula is C16H25NO2. The van der Waals surface area contributed by atoms with E-state index in [1.54, 1.807) is 7.11 Å². The molecule has 0 spiro atoms. The van der Waals surface area contributed by atoms with E-state index in [0.717, 1.165) is 12.2 Å². The predicted octanol–water partition coefficient (Wildman–Crippen LogP) is 2.90. The third kappa shape index (κ3) is 3.95. The van der Waals surface area contributed by atoms with Gasteiger partial charge in [0.1, 0.15) is 5.75 Å². The van der Waals surface area contributed by atoms with Gasteiger partial charge < -0.3 is 15.2 Å². The van der Waals surface area contributed by atoms with E-state index in [1.807, 2.05) is 26.0 Å². The number of hydrogen-bond donors (Lipinski definition) is 2. The van der Waals surface area contributed by atoms with Crippen molar-refractivity contribution in [3.05, 3.63) is 29.8 Å². The maximum absolute atomic E-state index is 10.1. The van der Waals surface area contributed by atoms with Crippen molar-refractivity contribution in [2.24, 2.45) is 5.92 Å². The van der Waals surface area contributed by atoms with E-state index in [4.69, 9.17) is 4.74 Å². The number of aliphatic hydroxyl groups is 1. The minimum Gasteiger partial charge on any atom is -0.497 e. The summed E-state index contributed by atoms with van der Waals surface area (Å²) in [6.07, 6.45) is 3.32. The zero-order valence-corrected chi connectivity index (χ0v) is 12.1. The van der Waals surface area contributed by atoms with Crippen LogP contribution in [0.25, 0.3) is 0 Å². The Bertz CT molecular complexity index is 396. The average Bonchev–Trinajstić information content (AvgIpc) is 3.24. The number of rotatable bonds is 7. The van der Waals surface area contributed by atoms with Crippen LogP contribution in [0.1, 0.15) is 44.7 Å². The van der Waals surface area contributed by atoms with Gasteiger partial charge in [0.25, 0.3) is 0 Å². The summed E-state index contributed by atoms with van der Waals surface area (Å²) in [6, 6.07) is 8.60. The highest BCUT2D eigenvalue weighted by Crippen LogP contribution is 2.41. The first-order chi connectivity index (χ1) is 9.05. The molecule has 0 amide bonds. The number of benzene rings is 1. The van der Waals surface area contributed by atoms with Gasteiger partial charge in [-0.15, -0.1) is 0 Å². The summed E-state index contributed by atoms with van der Waals surface area (Å²) in [5, 5.41) is 13.7. The van der Waals surface area contributed by atoms with Gasteiger partial charge in [0.15, 0.2) is 0 Å². The van der Waals surface area contributed by atoms with Gasteiger partial charge in [0.05, 0.1) is 12.7 Å². The summed E-state index contributed by atoms with van der Waals surface area (Å²) in [7, 11) is 1.68. The van der Waals surface area contributed by atoms with Crippen LogP contribution in [0.2, 0.25) is 0 Å². The molecule has 3 heteroatoms. The van der Waals surface area contributed by atoms with E-state index in [2.05, 4.69) is 17.4 Å². The summed E-state index contributed by atoms with van der Waals surface area (Å²) in [5.74, 6) is 1.60. The number of nitrogens with one attached hydrogen (secondary N) is 1. The van der Waals surface area contributed by atoms with Gasteiger partial charge >= 0.3 is 0 Å². The molecular weight excluding hydrogens is 238 g/mol. The number of methoxy groups -OCH3 is 1. The van der Waals surface area contributed by atoms with E-state index in [0.29, 0.717) is 18.5 Å². The van der Waals surface area contributed by atoms with Gasteiger partial charge in [-0.25, -0.2) is 0 Å². The van der Waals surface area contributed by atoms with Crippen LogP contribution >= 0.6 is 0 Å². The molecule has 0 bridgehead atoms. The lowest BCUT2D eigenvalue weighted by Gasteiger charge is -2.26. The molecule has 106 valence electrons. The molecule has 1 aliphatic rings. The second-order valence-corrected chi connectivity index (χ2v) is 5.82. The van der Waals surface area contributed by atoms with Crippen LogP contribution in [0.3, 0.4) is 0 Å². The van der Waals surface area contributed by atoms with E-state index in [1.165, 1.54) is 18.4 Å². The summed E-state index contributed by atoms with van der Waals surface area (Å²) >= 11 is 0. The van der Waals surface area contributed by atoms with Crippen molar-refractivity contribution in [2.75, 3.05) is 13.7 Å². The molecule has 19 heavy (non-hydrogen) atoms. The Hall–Kier alpha value is -1.06. The Kier molecular flexibility index (Phi) is 4.48. The maximum Gasteiger partial charge on any atom is 0.118 e. The molecule has 1 fully saturated rings. The van der Waals surface area contributed by atoms with Gasteiger partial charge in [-0.3, -0.25) is 0 Å². The van der Waals surface area contributed by atoms with Crippen LogP contribution in [0.4, 0.5) is 0 Å². The van der Waals surface area contributed by atoms with Gasteiger partial charge in [-0.05, 0) is 49.8 Å². The molecule has 3 nitrogen and oxygen atoms in total. The van der Waals surface area contributed by atoms with Crippen LogP contribution < -0.4 is 10.1 Å². The fourth-order valence-electron chi connectivity index (χ4n) is 2.25. The molecule has 2 N–H and O–H groups in total. The van der Waals surface area contributed by atoms with Crippen molar-refractivity contribution in [1.29, 1.82) is 0 Å². The van der Waals surface area contributed by atoms with Crippen molar-refractivity contribution in [1.82, 2.24) is 5.32 Å². The third-order valence-corrected chi connectivity index (χ3v) is 4.03. The van der Waals surface area contributed by atoms with Gasteiger partial charge in [-0.2, -0.15) is 0 Å². The highest BCUT2D eigenvalue weighted by molar-refractivity contribution is 5.30. The predicted molar refractivity (Wildman–Crippen MR) is 77.4 cm³/mol. The van der Waals surface area contributed by atoms with Crippen molar-refractivity contribution in [3.63, 3.8) is 0 Å². The second-order valence-electron chi connectivity index (χ2n) is 5.82. The highest BCUT2D eigenvalue weighted by Gasteiger charge is 2.33. The zero-order chi connectivity index (χ0) is 13.9. The van der Waals surface area contributed by atoms with Crippen LogP contribution in [0, 0.1) is 5.92 Å². The van der Waals surface area contributed by atoms with Crippen LogP contribution in [-0.4, -0.2) is 24.4 Å². The zero-order valence-electron chi connectivity index (χ0n) is 12.1. The minimum atomic E-state index is -0.625. The standard InChI is InChI=1S/C16H25NO2/c1-4-16(2,18)11-17-15(12-5-6-12)13-7-9-14(19-3)10-8-13/h7-10,12,15,17-18H,4-6,11H2,1-3H3. The molecule has 1 aromatic rings. The van der Waals surface area contributed by atoms with E-state index < -0.39 is 5.60 Å². The molecule has 1 aromatic carbocycles. The normalized spacial score (nSPS) is 19.8. The molecule has 2 rings (SSSR count). The Morgan fingerprint density at radius 3 is 2.47 bits per heavy atom. The van der Waals surface area contributed by atoms with E-state index in [-0.39, 0.29) is 0 Å². The number of ether oxygens (including phenoxy) is 1. The monoisotopic (exact) mass is 263 g/mol. The molecule has 0 heterocycles. The topological polar surface area (TPSA) is 41.5 Å². The lowest BCUT2D eigenvalue weighted by Crippen LogP contribution is -2.39. The van der Waals surface area contributed by atoms with Gasteiger partial charge in [-0.1, -0.05) is 19.1 Å². The summed E-state index contributed by atoms with van der Waals surface area (Å²) in [4.78, 5) is 0. The molecule has 0 aromatic heterocycles. The quantitative estimate of drug-likeness (QED) is 0.795. The van der Waals surface area contributed by atoms with Gasteiger partial charge in [0, 0.05) is 12.6 Å². The average molecular weight is 263 g/mol.